The molecular weight excluding hydrogens is 322 g/mol. The van der Waals surface area contributed by atoms with Gasteiger partial charge in [0.1, 0.15) is 6.04 Å². The molecule has 0 aromatic rings. The van der Waals surface area contributed by atoms with Gasteiger partial charge < -0.3 is 10.2 Å². The summed E-state index contributed by atoms with van der Waals surface area (Å²) in [5.74, 6) is -0.564. The number of hydrogen-bond acceptors (Lipinski definition) is 4. The second kappa shape index (κ2) is 9.17. The summed E-state index contributed by atoms with van der Waals surface area (Å²) in [6.07, 6.45) is 5.36. The second-order valence-electron chi connectivity index (χ2n) is 8.35. The summed E-state index contributed by atoms with van der Waals surface area (Å²) >= 11 is 0. The van der Waals surface area contributed by atoms with Crippen LogP contribution >= 0.6 is 0 Å². The van der Waals surface area contributed by atoms with Gasteiger partial charge in [0.05, 0.1) is 12.5 Å². The van der Waals surface area contributed by atoms with Crippen LogP contribution in [0, 0.1) is 17.3 Å². The molecule has 0 unspecified atom stereocenters. The van der Waals surface area contributed by atoms with E-state index >= 15 is 0 Å². The number of carbonyl (C=O) groups is 3. The van der Waals surface area contributed by atoms with Crippen molar-refractivity contribution in [2.24, 2.45) is 17.3 Å². The van der Waals surface area contributed by atoms with Crippen LogP contribution in [0.5, 0.6) is 0 Å². The smallest absolute Gasteiger partial charge is 0.245 e. The zero-order valence-corrected chi connectivity index (χ0v) is 16.1. The Morgan fingerprint density at radius 2 is 1.80 bits per heavy atom. The van der Waals surface area contributed by atoms with Crippen molar-refractivity contribution in [1.29, 1.82) is 0 Å². The first kappa shape index (κ1) is 21.4. The number of nitrogens with one attached hydrogen (secondary N) is 1. The molecule has 0 radical (unpaired) electrons. The van der Waals surface area contributed by atoms with Crippen LogP contribution in [0.2, 0.25) is 0 Å². The summed E-state index contributed by atoms with van der Waals surface area (Å²) < 4.78 is 0. The molecule has 3 amide bonds. The van der Waals surface area contributed by atoms with E-state index in [2.05, 4.69) is 5.32 Å². The average molecular weight is 355 g/mol. The molecule has 0 saturated heterocycles. The minimum atomic E-state index is -0.663. The van der Waals surface area contributed by atoms with Gasteiger partial charge >= 0.3 is 0 Å². The minimum Gasteiger partial charge on any atom is -0.347 e. The predicted octanol–water partition coefficient (Wildman–Crippen LogP) is 1.65. The van der Waals surface area contributed by atoms with Gasteiger partial charge in [0.2, 0.25) is 18.2 Å². The van der Waals surface area contributed by atoms with E-state index < -0.39 is 17.4 Å². The monoisotopic (exact) mass is 355 g/mol. The molecule has 1 aliphatic carbocycles. The second-order valence-corrected chi connectivity index (χ2v) is 8.35. The van der Waals surface area contributed by atoms with Crippen molar-refractivity contribution >= 4 is 18.2 Å². The topological polar surface area (TPSA) is 90.0 Å². The highest BCUT2D eigenvalue weighted by Gasteiger charge is 2.36. The maximum absolute atomic E-state index is 12.8. The zero-order valence-electron chi connectivity index (χ0n) is 16.1. The third-order valence-electron chi connectivity index (χ3n) is 4.83. The maximum Gasteiger partial charge on any atom is 0.245 e. The first-order valence-electron chi connectivity index (χ1n) is 8.98. The lowest BCUT2D eigenvalue weighted by Gasteiger charge is -2.34. The molecule has 2 atom stereocenters. The van der Waals surface area contributed by atoms with E-state index in [-0.39, 0.29) is 18.4 Å². The number of rotatable bonds is 8. The summed E-state index contributed by atoms with van der Waals surface area (Å²) in [7, 11) is 3.32. The molecule has 1 fully saturated rings. The molecule has 25 heavy (non-hydrogen) atoms. The standard InChI is InChI=1S/C18H33N3O4/c1-18(2,3)15(17(24)20(4)5)19-16(23)14(11-21(25)12-22)10-13-8-6-7-9-13/h12-15,25H,6-11H2,1-5H3,(H,19,23)/t14-,15+/m0/s1. The lowest BCUT2D eigenvalue weighted by Crippen LogP contribution is -2.55. The highest BCUT2D eigenvalue weighted by molar-refractivity contribution is 5.89. The molecule has 1 rings (SSSR count). The Bertz CT molecular complexity index is 467. The molecular formula is C18H33N3O4. The molecule has 0 bridgehead atoms. The number of amides is 3. The van der Waals surface area contributed by atoms with Gasteiger partial charge in [0.25, 0.3) is 0 Å². The SMILES string of the molecule is CN(C)C(=O)[C@@H](NC(=O)[C@@H](CC1CCCC1)CN(O)C=O)C(C)(C)C. The minimum absolute atomic E-state index is 0.0567. The molecule has 0 aromatic carbocycles. The molecule has 144 valence electrons. The van der Waals surface area contributed by atoms with Crippen LogP contribution in [0.25, 0.3) is 0 Å². The quantitative estimate of drug-likeness (QED) is 0.393. The largest absolute Gasteiger partial charge is 0.347 e. The molecule has 2 N–H and O–H groups in total. The van der Waals surface area contributed by atoms with Crippen molar-refractivity contribution in [3.05, 3.63) is 0 Å². The van der Waals surface area contributed by atoms with Crippen molar-refractivity contribution in [1.82, 2.24) is 15.3 Å². The number of carbonyl (C=O) groups excluding carboxylic acids is 3. The van der Waals surface area contributed by atoms with Crippen molar-refractivity contribution in [3.63, 3.8) is 0 Å². The van der Waals surface area contributed by atoms with Crippen molar-refractivity contribution in [2.45, 2.75) is 58.9 Å². The van der Waals surface area contributed by atoms with Crippen LogP contribution in [-0.2, 0) is 14.4 Å². The van der Waals surface area contributed by atoms with Crippen LogP contribution in [0.3, 0.4) is 0 Å². The van der Waals surface area contributed by atoms with Crippen LogP contribution < -0.4 is 5.32 Å². The normalized spacial score (nSPS) is 17.7. The van der Waals surface area contributed by atoms with Gasteiger partial charge in [-0.05, 0) is 17.8 Å². The summed E-state index contributed by atoms with van der Waals surface area (Å²) in [5.41, 5.74) is -0.446. The highest BCUT2D eigenvalue weighted by Crippen LogP contribution is 2.31. The first-order valence-corrected chi connectivity index (χ1v) is 8.98. The average Bonchev–Trinajstić information content (AvgIpc) is 3.02. The fraction of sp³-hybridized carbons (Fsp3) is 0.833. The number of likely N-dealkylation sites (N-methyl/N-ethyl adjacent to an activating group) is 1. The van der Waals surface area contributed by atoms with E-state index in [0.29, 0.717) is 23.8 Å². The van der Waals surface area contributed by atoms with E-state index in [1.54, 1.807) is 14.1 Å². The number of nitrogens with zero attached hydrogens (tertiary/aromatic N) is 2. The highest BCUT2D eigenvalue weighted by atomic mass is 16.5. The third-order valence-corrected chi connectivity index (χ3v) is 4.83. The molecule has 0 aliphatic heterocycles. The predicted molar refractivity (Wildman–Crippen MR) is 94.7 cm³/mol. The van der Waals surface area contributed by atoms with Gasteiger partial charge in [0.15, 0.2) is 0 Å². The van der Waals surface area contributed by atoms with Gasteiger partial charge in [-0.1, -0.05) is 46.5 Å². The Hall–Kier alpha value is -1.63. The lowest BCUT2D eigenvalue weighted by atomic mass is 9.84. The molecule has 0 spiro atoms. The Morgan fingerprint density at radius 1 is 1.24 bits per heavy atom. The van der Waals surface area contributed by atoms with Gasteiger partial charge in [-0.25, -0.2) is 5.06 Å². The van der Waals surface area contributed by atoms with E-state index in [1.165, 1.54) is 4.90 Å². The fourth-order valence-corrected chi connectivity index (χ4v) is 3.35. The van der Waals surface area contributed by atoms with E-state index in [1.807, 2.05) is 20.8 Å². The molecule has 7 heteroatoms. The first-order chi connectivity index (χ1) is 11.6. The van der Waals surface area contributed by atoms with Crippen LogP contribution in [0.4, 0.5) is 0 Å². The summed E-state index contributed by atoms with van der Waals surface area (Å²) in [4.78, 5) is 37.5. The van der Waals surface area contributed by atoms with Gasteiger partial charge in [-0.2, -0.15) is 0 Å². The third kappa shape index (κ3) is 6.65. The zero-order chi connectivity index (χ0) is 19.2. The van der Waals surface area contributed by atoms with E-state index in [9.17, 15) is 19.6 Å². The Morgan fingerprint density at radius 3 is 2.24 bits per heavy atom. The lowest BCUT2D eigenvalue weighted by molar-refractivity contribution is -0.155. The molecule has 0 aromatic heterocycles. The van der Waals surface area contributed by atoms with Gasteiger partial charge in [-0.3, -0.25) is 19.6 Å². The van der Waals surface area contributed by atoms with Crippen LogP contribution in [-0.4, -0.2) is 60.1 Å². The molecule has 0 heterocycles. The Labute approximate surface area is 150 Å². The molecule has 1 saturated carbocycles. The van der Waals surface area contributed by atoms with Crippen LogP contribution in [0.15, 0.2) is 0 Å². The number of hydrogen-bond donors (Lipinski definition) is 2. The van der Waals surface area contributed by atoms with Crippen molar-refractivity contribution < 1.29 is 19.6 Å². The van der Waals surface area contributed by atoms with Crippen molar-refractivity contribution in [2.75, 3.05) is 20.6 Å². The van der Waals surface area contributed by atoms with Gasteiger partial charge in [-0.15, -0.1) is 0 Å². The van der Waals surface area contributed by atoms with E-state index in [4.69, 9.17) is 0 Å². The summed E-state index contributed by atoms with van der Waals surface area (Å²) in [6.45, 7) is 5.64. The Kier molecular flexibility index (Phi) is 7.86. The Balaban J connectivity index is 2.88. The summed E-state index contributed by atoms with van der Waals surface area (Å²) in [5, 5.41) is 12.9. The molecule has 1 aliphatic rings. The van der Waals surface area contributed by atoms with Gasteiger partial charge in [0, 0.05) is 14.1 Å². The summed E-state index contributed by atoms with van der Waals surface area (Å²) in [6, 6.07) is -0.663. The maximum atomic E-state index is 12.8. The van der Waals surface area contributed by atoms with Crippen LogP contribution in [0.1, 0.15) is 52.9 Å². The molecule has 7 nitrogen and oxygen atoms in total. The fourth-order valence-electron chi connectivity index (χ4n) is 3.35. The van der Waals surface area contributed by atoms with Crippen molar-refractivity contribution in [3.8, 4) is 0 Å². The number of hydroxylamine groups is 2. The van der Waals surface area contributed by atoms with E-state index in [0.717, 1.165) is 25.7 Å².